The van der Waals surface area contributed by atoms with E-state index in [-0.39, 0.29) is 11.9 Å². The molecule has 4 rings (SSSR count). The molecule has 1 N–H and O–H groups in total. The molecule has 3 aromatic rings. The summed E-state index contributed by atoms with van der Waals surface area (Å²) >= 11 is 3.40. The van der Waals surface area contributed by atoms with Crippen molar-refractivity contribution in [3.8, 4) is 0 Å². The Labute approximate surface area is 167 Å². The zero-order valence-corrected chi connectivity index (χ0v) is 16.5. The highest BCUT2D eigenvalue weighted by atomic mass is 79.9. The minimum Gasteiger partial charge on any atom is -0.468 e. The fourth-order valence-electron chi connectivity index (χ4n) is 3.57. The Morgan fingerprint density at radius 1 is 1.07 bits per heavy atom. The molecule has 2 heterocycles. The van der Waals surface area contributed by atoms with E-state index in [2.05, 4.69) is 50.4 Å². The highest BCUT2D eigenvalue weighted by molar-refractivity contribution is 9.10. The largest absolute Gasteiger partial charge is 0.468 e. The number of rotatable bonds is 5. The van der Waals surface area contributed by atoms with Crippen molar-refractivity contribution in [3.63, 3.8) is 0 Å². The summed E-state index contributed by atoms with van der Waals surface area (Å²) in [6.45, 7) is 2.30. The Hall–Kier alpha value is -2.37. The van der Waals surface area contributed by atoms with E-state index in [1.165, 1.54) is 11.1 Å². The van der Waals surface area contributed by atoms with E-state index in [1.54, 1.807) is 6.26 Å². The van der Waals surface area contributed by atoms with Crippen LogP contribution in [-0.2, 0) is 13.0 Å². The van der Waals surface area contributed by atoms with Gasteiger partial charge in [0, 0.05) is 29.7 Å². The van der Waals surface area contributed by atoms with Gasteiger partial charge in [0.15, 0.2) is 0 Å². The van der Waals surface area contributed by atoms with Crippen molar-refractivity contribution in [3.05, 3.63) is 93.9 Å². The van der Waals surface area contributed by atoms with E-state index < -0.39 is 0 Å². The Morgan fingerprint density at radius 3 is 2.59 bits per heavy atom. The second kappa shape index (κ2) is 8.11. The van der Waals surface area contributed by atoms with Crippen molar-refractivity contribution in [2.45, 2.75) is 19.0 Å². The van der Waals surface area contributed by atoms with Gasteiger partial charge in [0.05, 0.1) is 12.3 Å². The third-order valence-electron chi connectivity index (χ3n) is 5.03. The molecule has 4 nitrogen and oxygen atoms in total. The van der Waals surface area contributed by atoms with E-state index in [0.717, 1.165) is 29.7 Å². The molecule has 5 heteroatoms. The Kier molecular flexibility index (Phi) is 5.41. The van der Waals surface area contributed by atoms with Crippen molar-refractivity contribution in [1.29, 1.82) is 0 Å². The first kappa shape index (κ1) is 18.0. The number of hydrogen-bond donors (Lipinski definition) is 1. The Balaban J connectivity index is 1.49. The first-order chi connectivity index (χ1) is 13.2. The molecule has 0 radical (unpaired) electrons. The second-order valence-corrected chi connectivity index (χ2v) is 7.65. The summed E-state index contributed by atoms with van der Waals surface area (Å²) in [5.74, 6) is 0.807. The van der Waals surface area contributed by atoms with Gasteiger partial charge < -0.3 is 9.73 Å². The number of amides is 1. The van der Waals surface area contributed by atoms with Gasteiger partial charge in [-0.2, -0.15) is 0 Å². The summed E-state index contributed by atoms with van der Waals surface area (Å²) in [5, 5.41) is 3.07. The van der Waals surface area contributed by atoms with E-state index in [0.29, 0.717) is 12.1 Å². The monoisotopic (exact) mass is 424 g/mol. The van der Waals surface area contributed by atoms with Gasteiger partial charge in [-0.1, -0.05) is 40.2 Å². The number of carbonyl (C=O) groups is 1. The topological polar surface area (TPSA) is 45.5 Å². The molecular formula is C22H21BrN2O2. The summed E-state index contributed by atoms with van der Waals surface area (Å²) < 4.78 is 6.65. The number of halogens is 1. The number of nitrogens with zero attached hydrogens (tertiary/aromatic N) is 1. The normalized spacial score (nSPS) is 15.1. The summed E-state index contributed by atoms with van der Waals surface area (Å²) in [6.07, 6.45) is 2.70. The number of hydrogen-bond acceptors (Lipinski definition) is 3. The third kappa shape index (κ3) is 4.15. The third-order valence-corrected chi connectivity index (χ3v) is 5.56. The molecule has 2 aromatic carbocycles. The summed E-state index contributed by atoms with van der Waals surface area (Å²) in [6, 6.07) is 19.8. The minimum atomic E-state index is -0.0727. The smallest absolute Gasteiger partial charge is 0.251 e. The van der Waals surface area contributed by atoms with Crippen molar-refractivity contribution in [2.24, 2.45) is 0 Å². The average molecular weight is 425 g/mol. The number of fused-ring (bicyclic) bond motifs is 1. The lowest BCUT2D eigenvalue weighted by atomic mass is 9.98. The SMILES string of the molecule is O=C(NC[C@@H](c1ccco1)N1CCc2ccccc2C1)c1ccc(Br)cc1. The Bertz CT molecular complexity index is 906. The lowest BCUT2D eigenvalue weighted by molar-refractivity contribution is 0.0919. The molecule has 1 atom stereocenters. The molecule has 0 aliphatic carbocycles. The lowest BCUT2D eigenvalue weighted by Gasteiger charge is -2.34. The highest BCUT2D eigenvalue weighted by Gasteiger charge is 2.27. The predicted molar refractivity (Wildman–Crippen MR) is 108 cm³/mol. The lowest BCUT2D eigenvalue weighted by Crippen LogP contribution is -2.40. The van der Waals surface area contributed by atoms with Crippen LogP contribution in [0.3, 0.4) is 0 Å². The first-order valence-corrected chi connectivity index (χ1v) is 9.88. The first-order valence-electron chi connectivity index (χ1n) is 9.09. The minimum absolute atomic E-state index is 0.00718. The predicted octanol–water partition coefficient (Wildman–Crippen LogP) is 4.57. The van der Waals surface area contributed by atoms with Gasteiger partial charge in [-0.05, 0) is 53.9 Å². The zero-order valence-electron chi connectivity index (χ0n) is 14.9. The fraction of sp³-hybridized carbons (Fsp3) is 0.227. The van der Waals surface area contributed by atoms with Gasteiger partial charge in [-0.25, -0.2) is 0 Å². The number of nitrogens with one attached hydrogen (secondary N) is 1. The Morgan fingerprint density at radius 2 is 1.85 bits per heavy atom. The number of benzene rings is 2. The summed E-state index contributed by atoms with van der Waals surface area (Å²) in [5.41, 5.74) is 3.41. The highest BCUT2D eigenvalue weighted by Crippen LogP contribution is 2.28. The molecule has 27 heavy (non-hydrogen) atoms. The van der Waals surface area contributed by atoms with Crippen LogP contribution in [0.2, 0.25) is 0 Å². The van der Waals surface area contributed by atoms with E-state index in [4.69, 9.17) is 4.42 Å². The molecule has 0 fully saturated rings. The molecule has 0 spiro atoms. The van der Waals surface area contributed by atoms with Gasteiger partial charge in [-0.15, -0.1) is 0 Å². The molecule has 0 saturated carbocycles. The van der Waals surface area contributed by atoms with Crippen molar-refractivity contribution < 1.29 is 9.21 Å². The van der Waals surface area contributed by atoms with Crippen LogP contribution >= 0.6 is 15.9 Å². The van der Waals surface area contributed by atoms with Crippen molar-refractivity contribution in [1.82, 2.24) is 10.2 Å². The molecular weight excluding hydrogens is 404 g/mol. The molecule has 1 amide bonds. The van der Waals surface area contributed by atoms with Crippen molar-refractivity contribution >= 4 is 21.8 Å². The van der Waals surface area contributed by atoms with Gasteiger partial charge in [0.25, 0.3) is 5.91 Å². The molecule has 0 saturated heterocycles. The van der Waals surface area contributed by atoms with Crippen LogP contribution in [-0.4, -0.2) is 23.9 Å². The molecule has 0 unspecified atom stereocenters. The number of carbonyl (C=O) groups excluding carboxylic acids is 1. The average Bonchev–Trinajstić information content (AvgIpc) is 3.23. The van der Waals surface area contributed by atoms with Crippen LogP contribution in [0.15, 0.2) is 75.8 Å². The van der Waals surface area contributed by atoms with Gasteiger partial charge in [0.2, 0.25) is 0 Å². The summed E-state index contributed by atoms with van der Waals surface area (Å²) in [7, 11) is 0. The molecule has 1 aliphatic heterocycles. The van der Waals surface area contributed by atoms with Crippen LogP contribution in [0.25, 0.3) is 0 Å². The maximum absolute atomic E-state index is 12.5. The maximum atomic E-state index is 12.5. The molecule has 0 bridgehead atoms. The second-order valence-electron chi connectivity index (χ2n) is 6.74. The van der Waals surface area contributed by atoms with Crippen LogP contribution in [0.1, 0.15) is 33.3 Å². The molecule has 1 aromatic heterocycles. The molecule has 138 valence electrons. The van der Waals surface area contributed by atoms with Crippen LogP contribution < -0.4 is 5.32 Å². The van der Waals surface area contributed by atoms with Crippen LogP contribution in [0.4, 0.5) is 0 Å². The maximum Gasteiger partial charge on any atom is 0.251 e. The van der Waals surface area contributed by atoms with Crippen LogP contribution in [0.5, 0.6) is 0 Å². The molecule has 1 aliphatic rings. The van der Waals surface area contributed by atoms with E-state index >= 15 is 0 Å². The van der Waals surface area contributed by atoms with Crippen molar-refractivity contribution in [2.75, 3.05) is 13.1 Å². The van der Waals surface area contributed by atoms with Gasteiger partial charge in [0.1, 0.15) is 5.76 Å². The van der Waals surface area contributed by atoms with E-state index in [9.17, 15) is 4.79 Å². The van der Waals surface area contributed by atoms with Gasteiger partial charge in [-0.3, -0.25) is 9.69 Å². The quantitative estimate of drug-likeness (QED) is 0.652. The number of furan rings is 1. The van der Waals surface area contributed by atoms with Crippen LogP contribution in [0, 0.1) is 0 Å². The van der Waals surface area contributed by atoms with Gasteiger partial charge >= 0.3 is 0 Å². The fourth-order valence-corrected chi connectivity index (χ4v) is 3.83. The van der Waals surface area contributed by atoms with E-state index in [1.807, 2.05) is 36.4 Å². The standard InChI is InChI=1S/C22H21BrN2O2/c23-19-9-7-17(8-10-19)22(26)24-14-20(21-6-3-13-27-21)25-12-11-16-4-1-2-5-18(16)15-25/h1-10,13,20H,11-12,14-15H2,(H,24,26)/t20-/m0/s1. The zero-order chi connectivity index (χ0) is 18.6. The summed E-state index contributed by atoms with van der Waals surface area (Å²) in [4.78, 5) is 14.9.